The van der Waals surface area contributed by atoms with Crippen molar-refractivity contribution in [3.8, 4) is 0 Å². The zero-order valence-electron chi connectivity index (χ0n) is 12.7. The van der Waals surface area contributed by atoms with Gasteiger partial charge in [0, 0.05) is 24.9 Å². The minimum absolute atomic E-state index is 0.369. The van der Waals surface area contributed by atoms with Gasteiger partial charge in [-0.2, -0.15) is 0 Å². The molecule has 0 aromatic carbocycles. The molecule has 0 aliphatic heterocycles. The number of carbonyl (C=O) groups excluding carboxylic acids is 1. The molecule has 1 saturated carbocycles. The number of carbonyl (C=O) groups is 1. The van der Waals surface area contributed by atoms with Gasteiger partial charge >= 0.3 is 0 Å². The fraction of sp³-hybridized carbons (Fsp3) is 0.938. The number of hydrogen-bond acceptors (Lipinski definition) is 2. The summed E-state index contributed by atoms with van der Waals surface area (Å²) in [5.74, 6) is 1.60. The van der Waals surface area contributed by atoms with Crippen LogP contribution in [0.5, 0.6) is 0 Å². The molecule has 2 nitrogen and oxygen atoms in total. The van der Waals surface area contributed by atoms with Gasteiger partial charge in [0.05, 0.1) is 0 Å². The Morgan fingerprint density at radius 1 is 1.28 bits per heavy atom. The lowest BCUT2D eigenvalue weighted by molar-refractivity contribution is -0.120. The van der Waals surface area contributed by atoms with Gasteiger partial charge in [-0.05, 0) is 44.6 Å². The van der Waals surface area contributed by atoms with E-state index in [-0.39, 0.29) is 0 Å². The van der Waals surface area contributed by atoms with Crippen molar-refractivity contribution < 1.29 is 4.79 Å². The maximum atomic E-state index is 11.7. The molecule has 106 valence electrons. The molecule has 0 aromatic rings. The van der Waals surface area contributed by atoms with E-state index in [1.807, 2.05) is 0 Å². The normalized spacial score (nSPS) is 20.6. The van der Waals surface area contributed by atoms with Crippen molar-refractivity contribution in [3.05, 3.63) is 0 Å². The summed E-state index contributed by atoms with van der Waals surface area (Å²) >= 11 is 0. The van der Waals surface area contributed by atoms with Crippen LogP contribution < -0.4 is 0 Å². The zero-order chi connectivity index (χ0) is 13.5. The SMILES string of the molecule is CCC(CC)N(CCC1CCCC1=O)CC(C)C. The Balaban J connectivity index is 2.46. The van der Waals surface area contributed by atoms with Crippen LogP contribution in [0.1, 0.15) is 66.2 Å². The molecule has 0 spiro atoms. The first-order chi connectivity index (χ1) is 8.58. The summed E-state index contributed by atoms with van der Waals surface area (Å²) in [6.45, 7) is 11.4. The number of ketones is 1. The molecule has 0 aromatic heterocycles. The summed E-state index contributed by atoms with van der Waals surface area (Å²) in [6.07, 6.45) is 6.63. The van der Waals surface area contributed by atoms with Crippen LogP contribution in [0.2, 0.25) is 0 Å². The van der Waals surface area contributed by atoms with Crippen LogP contribution in [-0.2, 0) is 4.79 Å². The molecule has 1 aliphatic carbocycles. The Morgan fingerprint density at radius 2 is 1.94 bits per heavy atom. The second-order valence-corrected chi connectivity index (χ2v) is 6.20. The van der Waals surface area contributed by atoms with Crippen LogP contribution in [0.25, 0.3) is 0 Å². The summed E-state index contributed by atoms with van der Waals surface area (Å²) in [6, 6.07) is 0.698. The first-order valence-corrected chi connectivity index (χ1v) is 7.85. The minimum atomic E-state index is 0.369. The molecule has 0 saturated heterocycles. The first-order valence-electron chi connectivity index (χ1n) is 7.85. The number of nitrogens with zero attached hydrogens (tertiary/aromatic N) is 1. The molecule has 1 fully saturated rings. The topological polar surface area (TPSA) is 20.3 Å². The van der Waals surface area contributed by atoms with E-state index in [1.165, 1.54) is 19.4 Å². The summed E-state index contributed by atoms with van der Waals surface area (Å²) < 4.78 is 0. The lowest BCUT2D eigenvalue weighted by atomic mass is 10.0. The van der Waals surface area contributed by atoms with Crippen LogP contribution >= 0.6 is 0 Å². The Kier molecular flexibility index (Phi) is 6.91. The molecule has 1 unspecified atom stereocenters. The lowest BCUT2D eigenvalue weighted by Crippen LogP contribution is -2.38. The van der Waals surface area contributed by atoms with Crippen LogP contribution in [0.4, 0.5) is 0 Å². The molecule has 18 heavy (non-hydrogen) atoms. The summed E-state index contributed by atoms with van der Waals surface area (Å²) in [5, 5.41) is 0. The van der Waals surface area contributed by atoms with Crippen molar-refractivity contribution in [1.29, 1.82) is 0 Å². The van der Waals surface area contributed by atoms with E-state index >= 15 is 0 Å². The minimum Gasteiger partial charge on any atom is -0.300 e. The van der Waals surface area contributed by atoms with Crippen molar-refractivity contribution in [1.82, 2.24) is 4.90 Å². The number of rotatable bonds is 8. The van der Waals surface area contributed by atoms with Crippen LogP contribution in [0, 0.1) is 11.8 Å². The van der Waals surface area contributed by atoms with E-state index in [1.54, 1.807) is 0 Å². The van der Waals surface area contributed by atoms with Gasteiger partial charge in [0.15, 0.2) is 0 Å². The van der Waals surface area contributed by atoms with Gasteiger partial charge in [-0.15, -0.1) is 0 Å². The Morgan fingerprint density at radius 3 is 2.39 bits per heavy atom. The molecule has 0 amide bonds. The highest BCUT2D eigenvalue weighted by Gasteiger charge is 2.25. The highest BCUT2D eigenvalue weighted by Crippen LogP contribution is 2.25. The summed E-state index contributed by atoms with van der Waals surface area (Å²) in [4.78, 5) is 14.3. The molecular weight excluding hydrogens is 222 g/mol. The molecule has 0 bridgehead atoms. The van der Waals surface area contributed by atoms with Gasteiger partial charge in [-0.25, -0.2) is 0 Å². The van der Waals surface area contributed by atoms with E-state index < -0.39 is 0 Å². The Hall–Kier alpha value is -0.370. The third kappa shape index (κ3) is 4.72. The van der Waals surface area contributed by atoms with E-state index in [9.17, 15) is 4.79 Å². The standard InChI is InChI=1S/C16H31NO/c1-5-15(6-2)17(12-13(3)4)11-10-14-8-7-9-16(14)18/h13-15H,5-12H2,1-4H3. The second kappa shape index (κ2) is 7.93. The predicted octanol–water partition coefficient (Wildman–Crippen LogP) is 3.89. The average Bonchev–Trinajstić information content (AvgIpc) is 2.72. The van der Waals surface area contributed by atoms with Gasteiger partial charge < -0.3 is 4.90 Å². The van der Waals surface area contributed by atoms with Gasteiger partial charge in [0.25, 0.3) is 0 Å². The Labute approximate surface area is 113 Å². The van der Waals surface area contributed by atoms with Crippen molar-refractivity contribution in [3.63, 3.8) is 0 Å². The first kappa shape index (κ1) is 15.7. The van der Waals surface area contributed by atoms with E-state index in [0.717, 1.165) is 32.2 Å². The molecule has 2 heteroatoms. The highest BCUT2D eigenvalue weighted by molar-refractivity contribution is 5.82. The predicted molar refractivity (Wildman–Crippen MR) is 77.7 cm³/mol. The molecular formula is C16H31NO. The molecule has 1 atom stereocenters. The van der Waals surface area contributed by atoms with E-state index in [2.05, 4.69) is 32.6 Å². The largest absolute Gasteiger partial charge is 0.300 e. The molecule has 1 aliphatic rings. The average molecular weight is 253 g/mol. The Bertz CT molecular complexity index is 245. The fourth-order valence-corrected chi connectivity index (χ4v) is 3.21. The molecule has 0 heterocycles. The van der Waals surface area contributed by atoms with E-state index in [0.29, 0.717) is 23.7 Å². The van der Waals surface area contributed by atoms with Crippen molar-refractivity contribution in [2.75, 3.05) is 13.1 Å². The summed E-state index contributed by atoms with van der Waals surface area (Å²) in [7, 11) is 0. The van der Waals surface area contributed by atoms with Crippen LogP contribution in [0.3, 0.4) is 0 Å². The fourth-order valence-electron chi connectivity index (χ4n) is 3.21. The van der Waals surface area contributed by atoms with E-state index in [4.69, 9.17) is 0 Å². The third-order valence-corrected chi connectivity index (χ3v) is 4.25. The molecule has 0 radical (unpaired) electrons. The third-order valence-electron chi connectivity index (χ3n) is 4.25. The van der Waals surface area contributed by atoms with Gasteiger partial charge in [-0.1, -0.05) is 27.7 Å². The van der Waals surface area contributed by atoms with Crippen molar-refractivity contribution >= 4 is 5.78 Å². The number of Topliss-reactive ketones (excluding diaryl/α,β-unsaturated/α-hetero) is 1. The lowest BCUT2D eigenvalue weighted by Gasteiger charge is -2.32. The molecule has 0 N–H and O–H groups in total. The zero-order valence-corrected chi connectivity index (χ0v) is 12.7. The van der Waals surface area contributed by atoms with Crippen molar-refractivity contribution in [2.45, 2.75) is 72.3 Å². The van der Waals surface area contributed by atoms with Crippen LogP contribution in [0.15, 0.2) is 0 Å². The maximum Gasteiger partial charge on any atom is 0.136 e. The quantitative estimate of drug-likeness (QED) is 0.654. The second-order valence-electron chi connectivity index (χ2n) is 6.20. The highest BCUT2D eigenvalue weighted by atomic mass is 16.1. The summed E-state index contributed by atoms with van der Waals surface area (Å²) in [5.41, 5.74) is 0. The number of hydrogen-bond donors (Lipinski definition) is 0. The smallest absolute Gasteiger partial charge is 0.136 e. The van der Waals surface area contributed by atoms with Crippen LogP contribution in [-0.4, -0.2) is 29.8 Å². The van der Waals surface area contributed by atoms with Gasteiger partial charge in [-0.3, -0.25) is 4.79 Å². The van der Waals surface area contributed by atoms with Gasteiger partial charge in [0.1, 0.15) is 5.78 Å². The molecule has 1 rings (SSSR count). The van der Waals surface area contributed by atoms with Crippen molar-refractivity contribution in [2.24, 2.45) is 11.8 Å². The monoisotopic (exact) mass is 253 g/mol. The van der Waals surface area contributed by atoms with Gasteiger partial charge in [0.2, 0.25) is 0 Å². The maximum absolute atomic E-state index is 11.7.